The number of aryl methyl sites for hydroxylation is 1. The largest absolute Gasteiger partial charge is 0.488 e. The van der Waals surface area contributed by atoms with Gasteiger partial charge in [-0.3, -0.25) is 9.38 Å². The first kappa shape index (κ1) is 21.0. The summed E-state index contributed by atoms with van der Waals surface area (Å²) in [5.41, 5.74) is 3.73. The van der Waals surface area contributed by atoms with Crippen LogP contribution < -0.4 is 15.0 Å². The van der Waals surface area contributed by atoms with Crippen molar-refractivity contribution in [2.24, 2.45) is 0 Å². The fraction of sp³-hybridized carbons (Fsp3) is 0.458. The molecule has 34 heavy (non-hydrogen) atoms. The second-order valence-corrected chi connectivity index (χ2v) is 8.99. The highest BCUT2D eigenvalue weighted by Crippen LogP contribution is 2.33. The molecule has 1 aromatic carbocycles. The van der Waals surface area contributed by atoms with Crippen molar-refractivity contribution in [3.8, 4) is 5.75 Å². The minimum atomic E-state index is 0.150. The second kappa shape index (κ2) is 9.02. The fourth-order valence-electron chi connectivity index (χ4n) is 4.88. The first-order valence-corrected chi connectivity index (χ1v) is 11.9. The number of nitrogens with zero attached hydrogens (tertiary/aromatic N) is 7. The molecule has 1 aliphatic carbocycles. The summed E-state index contributed by atoms with van der Waals surface area (Å²) < 4.78 is 14.0. The summed E-state index contributed by atoms with van der Waals surface area (Å²) in [6.07, 6.45) is 9.29. The number of aromatic nitrogens is 6. The van der Waals surface area contributed by atoms with Gasteiger partial charge in [-0.15, -0.1) is 10.2 Å². The predicted octanol–water partition coefficient (Wildman–Crippen LogP) is 3.01. The van der Waals surface area contributed by atoms with Crippen LogP contribution in [-0.2, 0) is 4.74 Å². The van der Waals surface area contributed by atoms with Crippen molar-refractivity contribution in [3.05, 3.63) is 42.6 Å². The van der Waals surface area contributed by atoms with Crippen LogP contribution in [0.1, 0.15) is 31.4 Å². The molecule has 0 amide bonds. The molecule has 1 aliphatic heterocycles. The van der Waals surface area contributed by atoms with Crippen molar-refractivity contribution in [1.82, 2.24) is 29.5 Å². The number of fused-ring (bicyclic) bond motifs is 2. The van der Waals surface area contributed by atoms with Gasteiger partial charge in [0.05, 0.1) is 24.8 Å². The third-order valence-corrected chi connectivity index (χ3v) is 6.63. The predicted molar refractivity (Wildman–Crippen MR) is 128 cm³/mol. The van der Waals surface area contributed by atoms with Crippen LogP contribution in [0.4, 0.5) is 11.5 Å². The Balaban J connectivity index is 1.16. The van der Waals surface area contributed by atoms with Crippen molar-refractivity contribution in [2.45, 2.75) is 44.8 Å². The van der Waals surface area contributed by atoms with E-state index in [2.05, 4.69) is 47.5 Å². The van der Waals surface area contributed by atoms with Crippen LogP contribution in [0.3, 0.4) is 0 Å². The molecule has 2 fully saturated rings. The summed E-state index contributed by atoms with van der Waals surface area (Å²) in [6, 6.07) is 6.63. The van der Waals surface area contributed by atoms with Crippen molar-refractivity contribution >= 4 is 28.3 Å². The Morgan fingerprint density at radius 3 is 2.71 bits per heavy atom. The molecule has 0 unspecified atom stereocenters. The standard InChI is InChI=1S/C24H28N8O2/c1-16-12-22(32-15-27-30-24(32)28-16)29-17-2-4-19(5-3-17)34-21-14-18(31-8-10-33-11-9-31)13-20-23(21)26-7-6-25-20/h6-7,12-15,17,19,29H,2-5,8-11H2,1H3. The van der Waals surface area contributed by atoms with Gasteiger partial charge in [0.25, 0.3) is 5.78 Å². The number of morpholine rings is 1. The smallest absolute Gasteiger partial charge is 0.256 e. The molecule has 4 aromatic rings. The first-order valence-electron chi connectivity index (χ1n) is 11.9. The third-order valence-electron chi connectivity index (χ3n) is 6.63. The van der Waals surface area contributed by atoms with Crippen molar-refractivity contribution < 1.29 is 9.47 Å². The zero-order valence-electron chi connectivity index (χ0n) is 19.2. The van der Waals surface area contributed by atoms with Gasteiger partial charge in [0.15, 0.2) is 0 Å². The quantitative estimate of drug-likeness (QED) is 0.481. The molecule has 6 rings (SSSR count). The highest BCUT2D eigenvalue weighted by atomic mass is 16.5. The van der Waals surface area contributed by atoms with Gasteiger partial charge in [0, 0.05) is 55.0 Å². The van der Waals surface area contributed by atoms with Gasteiger partial charge >= 0.3 is 0 Å². The van der Waals surface area contributed by atoms with Crippen molar-refractivity contribution in [2.75, 3.05) is 36.5 Å². The van der Waals surface area contributed by atoms with E-state index in [1.165, 1.54) is 0 Å². The van der Waals surface area contributed by atoms with E-state index in [1.807, 2.05) is 17.4 Å². The average Bonchev–Trinajstić information content (AvgIpc) is 3.34. The molecule has 0 atom stereocenters. The van der Waals surface area contributed by atoms with E-state index in [-0.39, 0.29) is 6.10 Å². The Kier molecular flexibility index (Phi) is 5.58. The highest BCUT2D eigenvalue weighted by Gasteiger charge is 2.25. The van der Waals surface area contributed by atoms with E-state index in [0.717, 1.165) is 86.0 Å². The number of rotatable bonds is 5. The minimum absolute atomic E-state index is 0.150. The van der Waals surface area contributed by atoms with Gasteiger partial charge in [-0.25, -0.2) is 9.97 Å². The zero-order chi connectivity index (χ0) is 22.9. The van der Waals surface area contributed by atoms with Gasteiger partial charge in [-0.2, -0.15) is 0 Å². The van der Waals surface area contributed by atoms with Crippen LogP contribution in [0.25, 0.3) is 16.8 Å². The molecule has 1 N–H and O–H groups in total. The summed E-state index contributed by atoms with van der Waals surface area (Å²) in [6.45, 7) is 5.20. The van der Waals surface area contributed by atoms with Gasteiger partial charge in [0.1, 0.15) is 23.4 Å². The lowest BCUT2D eigenvalue weighted by Crippen LogP contribution is -2.36. The molecule has 10 nitrogen and oxygen atoms in total. The lowest BCUT2D eigenvalue weighted by atomic mass is 9.93. The molecule has 0 bridgehead atoms. The monoisotopic (exact) mass is 460 g/mol. The number of nitrogens with one attached hydrogen (secondary N) is 1. The lowest BCUT2D eigenvalue weighted by molar-refractivity contribution is 0.122. The molecule has 4 heterocycles. The van der Waals surface area contributed by atoms with Crippen molar-refractivity contribution in [3.63, 3.8) is 0 Å². The van der Waals surface area contributed by atoms with Crippen molar-refractivity contribution in [1.29, 1.82) is 0 Å². The zero-order valence-corrected chi connectivity index (χ0v) is 19.2. The maximum absolute atomic E-state index is 6.55. The molecule has 0 spiro atoms. The lowest BCUT2D eigenvalue weighted by Gasteiger charge is -2.32. The number of hydrogen-bond donors (Lipinski definition) is 1. The molecule has 1 saturated heterocycles. The van der Waals surface area contributed by atoms with Crippen LogP contribution in [0.2, 0.25) is 0 Å². The number of anilines is 2. The molecular formula is C24H28N8O2. The van der Waals surface area contributed by atoms with Gasteiger partial charge in [-0.1, -0.05) is 0 Å². The summed E-state index contributed by atoms with van der Waals surface area (Å²) in [5, 5.41) is 11.7. The highest BCUT2D eigenvalue weighted by molar-refractivity contribution is 5.85. The van der Waals surface area contributed by atoms with E-state index >= 15 is 0 Å². The summed E-state index contributed by atoms with van der Waals surface area (Å²) in [4.78, 5) is 15.9. The van der Waals surface area contributed by atoms with Crippen LogP contribution in [0.5, 0.6) is 5.75 Å². The van der Waals surface area contributed by atoms with E-state index in [9.17, 15) is 0 Å². The Hall–Kier alpha value is -3.53. The second-order valence-electron chi connectivity index (χ2n) is 8.99. The molecule has 176 valence electrons. The molecule has 1 saturated carbocycles. The fourth-order valence-corrected chi connectivity index (χ4v) is 4.88. The maximum Gasteiger partial charge on any atom is 0.256 e. The van der Waals surface area contributed by atoms with Gasteiger partial charge < -0.3 is 19.7 Å². The molecule has 3 aromatic heterocycles. The summed E-state index contributed by atoms with van der Waals surface area (Å²) >= 11 is 0. The first-order chi connectivity index (χ1) is 16.7. The Morgan fingerprint density at radius 1 is 1.03 bits per heavy atom. The van der Waals surface area contributed by atoms with Crippen LogP contribution in [0.15, 0.2) is 36.9 Å². The molecule has 10 heteroatoms. The van der Waals surface area contributed by atoms with Gasteiger partial charge in [0.2, 0.25) is 0 Å². The number of hydrogen-bond acceptors (Lipinski definition) is 9. The Bertz CT molecular complexity index is 1290. The van der Waals surface area contributed by atoms with E-state index in [1.54, 1.807) is 18.7 Å². The minimum Gasteiger partial charge on any atom is -0.488 e. The number of ether oxygens (including phenoxy) is 2. The molecule has 0 radical (unpaired) electrons. The summed E-state index contributed by atoms with van der Waals surface area (Å²) in [7, 11) is 0. The number of benzene rings is 1. The maximum atomic E-state index is 6.55. The van der Waals surface area contributed by atoms with E-state index < -0.39 is 0 Å². The topological polar surface area (TPSA) is 103 Å². The van der Waals surface area contributed by atoms with Crippen LogP contribution in [-0.4, -0.2) is 68.0 Å². The summed E-state index contributed by atoms with van der Waals surface area (Å²) in [5.74, 6) is 2.42. The normalized spacial score (nSPS) is 21.1. The van der Waals surface area contributed by atoms with E-state index in [4.69, 9.17) is 9.47 Å². The average molecular weight is 461 g/mol. The SMILES string of the molecule is Cc1cc(NC2CCC(Oc3cc(N4CCOCC4)cc4nccnc34)CC2)n2cnnc2n1. The van der Waals surface area contributed by atoms with Gasteiger partial charge in [-0.05, 0) is 38.7 Å². The third kappa shape index (κ3) is 4.21. The van der Waals surface area contributed by atoms with Crippen LogP contribution in [0, 0.1) is 6.92 Å². The Morgan fingerprint density at radius 2 is 1.85 bits per heavy atom. The molecule has 2 aliphatic rings. The van der Waals surface area contributed by atoms with E-state index in [0.29, 0.717) is 11.8 Å². The Labute approximate surface area is 197 Å². The van der Waals surface area contributed by atoms with Crippen LogP contribution >= 0.6 is 0 Å². The molecular weight excluding hydrogens is 432 g/mol.